The van der Waals surface area contributed by atoms with Crippen molar-refractivity contribution in [1.29, 1.82) is 0 Å². The minimum absolute atomic E-state index is 0.222. The quantitative estimate of drug-likeness (QED) is 0.738. The van der Waals surface area contributed by atoms with Crippen molar-refractivity contribution in [2.24, 2.45) is 5.18 Å². The van der Waals surface area contributed by atoms with Crippen LogP contribution in [0.2, 0.25) is 0 Å². The molecule has 4 heteroatoms. The van der Waals surface area contributed by atoms with E-state index in [2.05, 4.69) is 54.5 Å². The van der Waals surface area contributed by atoms with Gasteiger partial charge in [-0.05, 0) is 44.3 Å². The lowest BCUT2D eigenvalue weighted by atomic mass is 10.1. The molecule has 3 nitrogen and oxygen atoms in total. The molecule has 0 N–H and O–H groups in total. The van der Waals surface area contributed by atoms with E-state index >= 15 is 0 Å². The molecule has 0 aromatic heterocycles. The third-order valence-electron chi connectivity index (χ3n) is 3.13. The van der Waals surface area contributed by atoms with Gasteiger partial charge in [0.25, 0.3) is 0 Å². The van der Waals surface area contributed by atoms with E-state index in [-0.39, 0.29) is 6.54 Å². The normalized spacial score (nSPS) is 10.9. The molecule has 0 spiro atoms. The van der Waals surface area contributed by atoms with Gasteiger partial charge in [0, 0.05) is 16.3 Å². The number of benzene rings is 2. The summed E-state index contributed by atoms with van der Waals surface area (Å²) >= 11 is 1.71. The molecule has 0 aliphatic carbocycles. The minimum atomic E-state index is 0.222. The van der Waals surface area contributed by atoms with Gasteiger partial charge in [-0.2, -0.15) is 4.91 Å². The van der Waals surface area contributed by atoms with Gasteiger partial charge in [-0.1, -0.05) is 52.8 Å². The van der Waals surface area contributed by atoms with Crippen LogP contribution in [-0.2, 0) is 13.1 Å². The Morgan fingerprint density at radius 2 is 1.76 bits per heavy atom. The number of nitrogens with zero attached hydrogens (tertiary/aromatic N) is 2. The maximum absolute atomic E-state index is 10.6. The summed E-state index contributed by atoms with van der Waals surface area (Å²) in [4.78, 5) is 15.1. The fraction of sp³-hybridized carbons (Fsp3) is 0.294. The van der Waals surface area contributed by atoms with Gasteiger partial charge in [-0.15, -0.1) is 0 Å². The van der Waals surface area contributed by atoms with Crippen LogP contribution in [0.3, 0.4) is 0 Å². The Kier molecular flexibility index (Phi) is 5.53. The van der Waals surface area contributed by atoms with Gasteiger partial charge in [-0.25, -0.2) is 0 Å². The van der Waals surface area contributed by atoms with Gasteiger partial charge in [0.2, 0.25) is 0 Å². The average molecular weight is 300 g/mol. The minimum Gasteiger partial charge on any atom is -0.305 e. The SMILES string of the molecule is Cc1ccc(Sc2ccccc2CN(C)C)c(CN=O)c1. The predicted molar refractivity (Wildman–Crippen MR) is 88.6 cm³/mol. The molecule has 2 aromatic rings. The van der Waals surface area contributed by atoms with Crippen LogP contribution in [0.5, 0.6) is 0 Å². The van der Waals surface area contributed by atoms with Gasteiger partial charge in [0.15, 0.2) is 0 Å². The van der Waals surface area contributed by atoms with E-state index in [0.717, 1.165) is 22.6 Å². The zero-order valence-corrected chi connectivity index (χ0v) is 13.5. The number of aryl methyl sites for hydroxylation is 1. The second-order valence-corrected chi connectivity index (χ2v) is 6.43. The van der Waals surface area contributed by atoms with E-state index in [0.29, 0.717) is 0 Å². The Bertz CT molecular complexity index is 626. The fourth-order valence-corrected chi connectivity index (χ4v) is 3.23. The van der Waals surface area contributed by atoms with E-state index in [9.17, 15) is 4.91 Å². The average Bonchev–Trinajstić information content (AvgIpc) is 2.43. The first-order valence-electron chi connectivity index (χ1n) is 6.89. The second kappa shape index (κ2) is 7.38. The molecule has 2 aromatic carbocycles. The molecule has 0 amide bonds. The molecular formula is C17H20N2OS. The summed E-state index contributed by atoms with van der Waals surface area (Å²) in [6.45, 7) is 3.15. The molecule has 0 fully saturated rings. The fourth-order valence-electron chi connectivity index (χ4n) is 2.19. The summed E-state index contributed by atoms with van der Waals surface area (Å²) in [7, 11) is 4.13. The predicted octanol–water partition coefficient (Wildman–Crippen LogP) is 4.47. The summed E-state index contributed by atoms with van der Waals surface area (Å²) < 4.78 is 0. The lowest BCUT2D eigenvalue weighted by Gasteiger charge is -2.15. The van der Waals surface area contributed by atoms with Crippen LogP contribution in [0.4, 0.5) is 0 Å². The van der Waals surface area contributed by atoms with Gasteiger partial charge >= 0.3 is 0 Å². The molecule has 0 saturated heterocycles. The van der Waals surface area contributed by atoms with Crippen LogP contribution in [0, 0.1) is 11.8 Å². The highest BCUT2D eigenvalue weighted by atomic mass is 32.2. The summed E-state index contributed by atoms with van der Waals surface area (Å²) in [5.41, 5.74) is 3.44. The molecular weight excluding hydrogens is 280 g/mol. The second-order valence-electron chi connectivity index (χ2n) is 5.35. The van der Waals surface area contributed by atoms with Crippen LogP contribution in [0.1, 0.15) is 16.7 Å². The Morgan fingerprint density at radius 1 is 1.05 bits per heavy atom. The van der Waals surface area contributed by atoms with Gasteiger partial charge < -0.3 is 4.90 Å². The molecule has 0 aliphatic rings. The topological polar surface area (TPSA) is 32.7 Å². The van der Waals surface area contributed by atoms with Crippen molar-refractivity contribution in [2.75, 3.05) is 14.1 Å². The third-order valence-corrected chi connectivity index (χ3v) is 4.37. The maximum Gasteiger partial charge on any atom is 0.107 e. The van der Waals surface area contributed by atoms with Crippen molar-refractivity contribution < 1.29 is 0 Å². The van der Waals surface area contributed by atoms with Crippen LogP contribution in [0.15, 0.2) is 57.4 Å². The maximum atomic E-state index is 10.6. The monoisotopic (exact) mass is 300 g/mol. The molecule has 0 heterocycles. The molecule has 0 bridgehead atoms. The van der Waals surface area contributed by atoms with E-state index in [1.807, 2.05) is 19.1 Å². The van der Waals surface area contributed by atoms with Gasteiger partial charge in [-0.3, -0.25) is 0 Å². The standard InChI is InChI=1S/C17H20N2OS/c1-13-8-9-17(15(10-13)11-18-20)21-16-7-5-4-6-14(16)12-19(2)3/h4-10H,11-12H2,1-3H3. The van der Waals surface area contributed by atoms with Crippen molar-refractivity contribution in [3.8, 4) is 0 Å². The Morgan fingerprint density at radius 3 is 2.48 bits per heavy atom. The summed E-state index contributed by atoms with van der Waals surface area (Å²) in [6, 6.07) is 14.6. The van der Waals surface area contributed by atoms with Crippen LogP contribution >= 0.6 is 11.8 Å². The summed E-state index contributed by atoms with van der Waals surface area (Å²) in [5.74, 6) is 0. The highest BCUT2D eigenvalue weighted by Gasteiger charge is 2.09. The third kappa shape index (κ3) is 4.41. The molecule has 0 radical (unpaired) electrons. The first-order chi connectivity index (χ1) is 10.1. The van der Waals surface area contributed by atoms with E-state index in [1.54, 1.807) is 11.8 Å². The molecule has 0 atom stereocenters. The number of rotatable bonds is 6. The zero-order chi connectivity index (χ0) is 15.2. The van der Waals surface area contributed by atoms with Gasteiger partial charge in [0.05, 0.1) is 0 Å². The molecule has 0 saturated carbocycles. The van der Waals surface area contributed by atoms with E-state index < -0.39 is 0 Å². The summed E-state index contributed by atoms with van der Waals surface area (Å²) in [5, 5.41) is 3.05. The van der Waals surface area contributed by atoms with E-state index in [1.165, 1.54) is 10.5 Å². The highest BCUT2D eigenvalue weighted by Crippen LogP contribution is 2.34. The van der Waals surface area contributed by atoms with Crippen LogP contribution < -0.4 is 0 Å². The largest absolute Gasteiger partial charge is 0.305 e. The van der Waals surface area contributed by atoms with Crippen molar-refractivity contribution in [1.82, 2.24) is 4.90 Å². The highest BCUT2D eigenvalue weighted by molar-refractivity contribution is 7.99. The van der Waals surface area contributed by atoms with Crippen molar-refractivity contribution in [3.63, 3.8) is 0 Å². The Balaban J connectivity index is 2.32. The Hall–Kier alpha value is -1.65. The first-order valence-corrected chi connectivity index (χ1v) is 7.71. The van der Waals surface area contributed by atoms with Crippen molar-refractivity contribution in [2.45, 2.75) is 29.8 Å². The number of hydrogen-bond acceptors (Lipinski definition) is 4. The van der Waals surface area contributed by atoms with Crippen LogP contribution in [-0.4, -0.2) is 19.0 Å². The number of nitroso groups, excluding NO2 is 1. The first kappa shape index (κ1) is 15.7. The lowest BCUT2D eigenvalue weighted by Crippen LogP contribution is -2.11. The molecule has 110 valence electrons. The van der Waals surface area contributed by atoms with Crippen molar-refractivity contribution >= 4 is 11.8 Å². The van der Waals surface area contributed by atoms with Gasteiger partial charge in [0.1, 0.15) is 6.54 Å². The Labute approximate surface area is 130 Å². The molecule has 21 heavy (non-hydrogen) atoms. The molecule has 0 unspecified atom stereocenters. The lowest BCUT2D eigenvalue weighted by molar-refractivity contribution is 0.399. The van der Waals surface area contributed by atoms with Crippen LogP contribution in [0.25, 0.3) is 0 Å². The smallest absolute Gasteiger partial charge is 0.107 e. The zero-order valence-electron chi connectivity index (χ0n) is 12.7. The molecule has 0 aliphatic heterocycles. The summed E-state index contributed by atoms with van der Waals surface area (Å²) in [6.07, 6.45) is 0. The van der Waals surface area contributed by atoms with E-state index in [4.69, 9.17) is 0 Å². The van der Waals surface area contributed by atoms with Crippen molar-refractivity contribution in [3.05, 3.63) is 64.1 Å². The number of hydrogen-bond donors (Lipinski definition) is 0. The molecule has 2 rings (SSSR count).